The zero-order valence-corrected chi connectivity index (χ0v) is 15.3. The predicted octanol–water partition coefficient (Wildman–Crippen LogP) is -0.756. The van der Waals surface area contributed by atoms with E-state index in [0.29, 0.717) is 5.56 Å². The molecule has 5 atom stereocenters. The van der Waals surface area contributed by atoms with Gasteiger partial charge in [-0.15, -0.1) is 0 Å². The van der Waals surface area contributed by atoms with E-state index in [9.17, 15) is 23.4 Å². The molecule has 1 aliphatic rings. The predicted molar refractivity (Wildman–Crippen MR) is 90.8 cm³/mol. The number of carbonyl (C=O) groups is 1. The quantitative estimate of drug-likeness (QED) is 0.519. The average molecular weight is 389 g/mol. The fraction of sp³-hybridized carbons (Fsp3) is 0.562. The molecular formula is C16H23NO8S. The van der Waals surface area contributed by atoms with Gasteiger partial charge in [0.2, 0.25) is 0 Å². The first-order chi connectivity index (χ1) is 12.3. The molecular weight excluding hydrogens is 366 g/mol. The van der Waals surface area contributed by atoms with Crippen molar-refractivity contribution < 1.29 is 37.1 Å². The van der Waals surface area contributed by atoms with Crippen LogP contribution in [0.25, 0.3) is 0 Å². The fourth-order valence-electron chi connectivity index (χ4n) is 2.67. The lowest BCUT2D eigenvalue weighted by atomic mass is 9.96. The van der Waals surface area contributed by atoms with Crippen molar-refractivity contribution in [3.05, 3.63) is 35.9 Å². The minimum atomic E-state index is -3.96. The zero-order chi connectivity index (χ0) is 19.3. The second-order valence-corrected chi connectivity index (χ2v) is 7.40. The van der Waals surface area contributed by atoms with Crippen LogP contribution in [-0.4, -0.2) is 74.7 Å². The first-order valence-electron chi connectivity index (χ1n) is 8.07. The molecule has 146 valence electrons. The SMILES string of the molecule is CCO[C@@H]1O[C@@H](CO)[C@@H](O)[C@@H](OS(C)(=O)=O)[C@@H]1NC(=O)c1ccccc1. The molecule has 1 amide bonds. The standard InChI is InChI=1S/C16H23NO8S/c1-3-23-16-12(17-15(20)10-7-5-4-6-8-10)14(25-26(2,21)22)13(19)11(9-18)24-16/h4-8,11-14,16,18-19H,3,9H2,1-2H3,(H,17,20)/t11-,12-,13+,14-,16+/m0/s1. The summed E-state index contributed by atoms with van der Waals surface area (Å²) >= 11 is 0. The maximum absolute atomic E-state index is 12.5. The minimum absolute atomic E-state index is 0.197. The number of carbonyl (C=O) groups excluding carboxylic acids is 1. The normalized spacial score (nSPS) is 29.3. The Morgan fingerprint density at radius 1 is 1.31 bits per heavy atom. The summed E-state index contributed by atoms with van der Waals surface area (Å²) < 4.78 is 39.1. The van der Waals surface area contributed by atoms with E-state index in [1.807, 2.05) is 0 Å². The summed E-state index contributed by atoms with van der Waals surface area (Å²) in [5, 5.41) is 22.3. The van der Waals surface area contributed by atoms with E-state index < -0.39 is 53.3 Å². The summed E-state index contributed by atoms with van der Waals surface area (Å²) in [6.45, 7) is 1.31. The van der Waals surface area contributed by atoms with Gasteiger partial charge in [-0.3, -0.25) is 8.98 Å². The zero-order valence-electron chi connectivity index (χ0n) is 14.4. The number of rotatable bonds is 7. The Balaban J connectivity index is 2.31. The first-order valence-corrected chi connectivity index (χ1v) is 9.88. The highest BCUT2D eigenvalue weighted by Crippen LogP contribution is 2.26. The van der Waals surface area contributed by atoms with Crippen molar-refractivity contribution in [2.45, 2.75) is 37.6 Å². The highest BCUT2D eigenvalue weighted by molar-refractivity contribution is 7.86. The van der Waals surface area contributed by atoms with Crippen LogP contribution in [0, 0.1) is 0 Å². The Morgan fingerprint density at radius 3 is 2.50 bits per heavy atom. The van der Waals surface area contributed by atoms with Crippen LogP contribution >= 0.6 is 0 Å². The number of aliphatic hydroxyl groups is 2. The van der Waals surface area contributed by atoms with Gasteiger partial charge in [0.05, 0.1) is 12.9 Å². The lowest BCUT2D eigenvalue weighted by Crippen LogP contribution is -2.65. The minimum Gasteiger partial charge on any atom is -0.394 e. The van der Waals surface area contributed by atoms with Crippen LogP contribution in [0.5, 0.6) is 0 Å². The molecule has 0 spiro atoms. The molecule has 1 fully saturated rings. The van der Waals surface area contributed by atoms with Crippen LogP contribution in [0.2, 0.25) is 0 Å². The lowest BCUT2D eigenvalue weighted by Gasteiger charge is -2.43. The number of aliphatic hydroxyl groups excluding tert-OH is 2. The third-order valence-electron chi connectivity index (χ3n) is 3.80. The molecule has 0 aromatic heterocycles. The van der Waals surface area contributed by atoms with Gasteiger partial charge in [0.15, 0.2) is 6.29 Å². The Bertz CT molecular complexity index is 695. The van der Waals surface area contributed by atoms with Crippen molar-refractivity contribution in [1.82, 2.24) is 5.32 Å². The van der Waals surface area contributed by atoms with E-state index in [0.717, 1.165) is 6.26 Å². The van der Waals surface area contributed by atoms with Gasteiger partial charge in [-0.1, -0.05) is 18.2 Å². The summed E-state index contributed by atoms with van der Waals surface area (Å²) in [6.07, 6.45) is -4.29. The third kappa shape index (κ3) is 5.22. The van der Waals surface area contributed by atoms with E-state index >= 15 is 0 Å². The number of nitrogens with one attached hydrogen (secondary N) is 1. The molecule has 9 nitrogen and oxygen atoms in total. The maximum Gasteiger partial charge on any atom is 0.264 e. The largest absolute Gasteiger partial charge is 0.394 e. The third-order valence-corrected chi connectivity index (χ3v) is 4.38. The van der Waals surface area contributed by atoms with Gasteiger partial charge in [-0.25, -0.2) is 0 Å². The van der Waals surface area contributed by atoms with E-state index in [2.05, 4.69) is 5.32 Å². The highest BCUT2D eigenvalue weighted by atomic mass is 32.2. The van der Waals surface area contributed by atoms with Gasteiger partial charge in [0.1, 0.15) is 24.4 Å². The lowest BCUT2D eigenvalue weighted by molar-refractivity contribution is -0.263. The average Bonchev–Trinajstić information content (AvgIpc) is 2.60. The molecule has 1 aromatic carbocycles. The molecule has 0 aliphatic carbocycles. The topological polar surface area (TPSA) is 131 Å². The molecule has 0 unspecified atom stereocenters. The van der Waals surface area contributed by atoms with Crippen LogP contribution < -0.4 is 5.32 Å². The van der Waals surface area contributed by atoms with Crippen LogP contribution in [0.3, 0.4) is 0 Å². The molecule has 1 aliphatic heterocycles. The van der Waals surface area contributed by atoms with Crippen molar-refractivity contribution in [2.75, 3.05) is 19.5 Å². The molecule has 26 heavy (non-hydrogen) atoms. The highest BCUT2D eigenvalue weighted by Gasteiger charge is 2.48. The molecule has 2 rings (SSSR count). The van der Waals surface area contributed by atoms with Gasteiger partial charge in [0.25, 0.3) is 16.0 Å². The van der Waals surface area contributed by atoms with Crippen molar-refractivity contribution in [2.24, 2.45) is 0 Å². The fourth-order valence-corrected chi connectivity index (χ4v) is 3.30. The number of amides is 1. The van der Waals surface area contributed by atoms with E-state index in [1.165, 1.54) is 0 Å². The van der Waals surface area contributed by atoms with Crippen LogP contribution in [0.1, 0.15) is 17.3 Å². The summed E-state index contributed by atoms with van der Waals surface area (Å²) in [5.41, 5.74) is 0.333. The Kier molecular flexibility index (Phi) is 7.09. The Morgan fingerprint density at radius 2 is 1.96 bits per heavy atom. The monoisotopic (exact) mass is 389 g/mol. The molecule has 0 saturated carbocycles. The summed E-state index contributed by atoms with van der Waals surface area (Å²) in [7, 11) is -3.96. The first kappa shape index (κ1) is 20.7. The molecule has 1 aromatic rings. The maximum atomic E-state index is 12.5. The smallest absolute Gasteiger partial charge is 0.264 e. The number of benzene rings is 1. The van der Waals surface area contributed by atoms with E-state index in [-0.39, 0.29) is 6.61 Å². The number of hydrogen-bond donors (Lipinski definition) is 3. The van der Waals surface area contributed by atoms with Gasteiger partial charge >= 0.3 is 0 Å². The Hall–Kier alpha value is -1.56. The van der Waals surface area contributed by atoms with Gasteiger partial charge in [0, 0.05) is 12.2 Å². The van der Waals surface area contributed by atoms with Crippen molar-refractivity contribution in [3.8, 4) is 0 Å². The second-order valence-electron chi connectivity index (χ2n) is 5.80. The summed E-state index contributed by atoms with van der Waals surface area (Å²) in [4.78, 5) is 12.5. The van der Waals surface area contributed by atoms with Gasteiger partial charge in [-0.05, 0) is 19.1 Å². The second kappa shape index (κ2) is 8.89. The van der Waals surface area contributed by atoms with Crippen molar-refractivity contribution >= 4 is 16.0 Å². The molecule has 1 saturated heterocycles. The molecule has 1 heterocycles. The summed E-state index contributed by atoms with van der Waals surface area (Å²) in [6, 6.07) is 7.13. The van der Waals surface area contributed by atoms with Crippen LogP contribution in [0.4, 0.5) is 0 Å². The molecule has 0 radical (unpaired) electrons. The molecule has 0 bridgehead atoms. The Labute approximate surface area is 152 Å². The van der Waals surface area contributed by atoms with Crippen LogP contribution in [0.15, 0.2) is 30.3 Å². The van der Waals surface area contributed by atoms with Gasteiger partial charge < -0.3 is 25.0 Å². The number of hydrogen-bond acceptors (Lipinski definition) is 8. The summed E-state index contributed by atoms with van der Waals surface area (Å²) in [5.74, 6) is -0.513. The van der Waals surface area contributed by atoms with Gasteiger partial charge in [-0.2, -0.15) is 8.42 Å². The van der Waals surface area contributed by atoms with E-state index in [1.54, 1.807) is 37.3 Å². The van der Waals surface area contributed by atoms with E-state index in [4.69, 9.17) is 13.7 Å². The molecule has 10 heteroatoms. The number of ether oxygens (including phenoxy) is 2. The molecule has 3 N–H and O–H groups in total. The van der Waals surface area contributed by atoms with Crippen molar-refractivity contribution in [3.63, 3.8) is 0 Å². The van der Waals surface area contributed by atoms with Crippen LogP contribution in [-0.2, 0) is 23.8 Å². The van der Waals surface area contributed by atoms with Crippen molar-refractivity contribution in [1.29, 1.82) is 0 Å².